The van der Waals surface area contributed by atoms with Gasteiger partial charge >= 0.3 is 0 Å². The molecule has 0 aliphatic heterocycles. The average Bonchev–Trinajstić information content (AvgIpc) is 2.71. The Labute approximate surface area is 113 Å². The SMILES string of the molecule is CN(C)CCCn1ccc2ccc(C(N)=S)cc21. The summed E-state index contributed by atoms with van der Waals surface area (Å²) in [6.45, 7) is 2.11. The van der Waals surface area contributed by atoms with E-state index in [1.807, 2.05) is 6.07 Å². The molecule has 0 radical (unpaired) electrons. The number of nitrogens with zero attached hydrogens (tertiary/aromatic N) is 2. The molecule has 2 N–H and O–H groups in total. The minimum Gasteiger partial charge on any atom is -0.389 e. The first-order valence-corrected chi connectivity index (χ1v) is 6.52. The van der Waals surface area contributed by atoms with Gasteiger partial charge in [0.15, 0.2) is 0 Å². The maximum atomic E-state index is 5.68. The molecule has 4 heteroatoms. The van der Waals surface area contributed by atoms with Crippen LogP contribution in [0.15, 0.2) is 30.5 Å². The summed E-state index contributed by atoms with van der Waals surface area (Å²) in [7, 11) is 4.19. The van der Waals surface area contributed by atoms with E-state index >= 15 is 0 Å². The van der Waals surface area contributed by atoms with E-state index in [1.54, 1.807) is 0 Å². The maximum absolute atomic E-state index is 5.68. The molecule has 0 aliphatic carbocycles. The van der Waals surface area contributed by atoms with E-state index in [2.05, 4.69) is 48.0 Å². The van der Waals surface area contributed by atoms with Gasteiger partial charge in [0.05, 0.1) is 0 Å². The van der Waals surface area contributed by atoms with Crippen LogP contribution in [0.1, 0.15) is 12.0 Å². The fraction of sp³-hybridized carbons (Fsp3) is 0.357. The second kappa shape index (κ2) is 5.50. The molecule has 0 saturated heterocycles. The van der Waals surface area contributed by atoms with Gasteiger partial charge in [-0.05, 0) is 44.6 Å². The van der Waals surface area contributed by atoms with Crippen LogP contribution in [0.3, 0.4) is 0 Å². The van der Waals surface area contributed by atoms with Crippen molar-refractivity contribution in [1.82, 2.24) is 9.47 Å². The zero-order valence-electron chi connectivity index (χ0n) is 10.9. The lowest BCUT2D eigenvalue weighted by atomic mass is 10.1. The number of thiocarbonyl (C=S) groups is 1. The van der Waals surface area contributed by atoms with Crippen LogP contribution in [0.4, 0.5) is 0 Å². The van der Waals surface area contributed by atoms with Crippen molar-refractivity contribution in [3.05, 3.63) is 36.0 Å². The van der Waals surface area contributed by atoms with Gasteiger partial charge in [-0.2, -0.15) is 0 Å². The van der Waals surface area contributed by atoms with Crippen LogP contribution in [-0.4, -0.2) is 35.1 Å². The molecular weight excluding hydrogens is 242 g/mol. The third-order valence-corrected chi connectivity index (χ3v) is 3.30. The Morgan fingerprint density at radius 3 is 2.78 bits per heavy atom. The van der Waals surface area contributed by atoms with Gasteiger partial charge in [0.2, 0.25) is 0 Å². The molecule has 0 amide bonds. The molecule has 0 fully saturated rings. The molecule has 3 nitrogen and oxygen atoms in total. The molecule has 18 heavy (non-hydrogen) atoms. The Bertz CT molecular complexity index is 557. The summed E-state index contributed by atoms with van der Waals surface area (Å²) in [5, 5.41) is 1.24. The van der Waals surface area contributed by atoms with Crippen LogP contribution in [0.2, 0.25) is 0 Å². The quantitative estimate of drug-likeness (QED) is 0.838. The zero-order valence-corrected chi connectivity index (χ0v) is 11.7. The Morgan fingerprint density at radius 2 is 2.11 bits per heavy atom. The first-order valence-electron chi connectivity index (χ1n) is 6.11. The second-order valence-corrected chi connectivity index (χ2v) is 5.24. The van der Waals surface area contributed by atoms with E-state index in [9.17, 15) is 0 Å². The minimum atomic E-state index is 0.456. The Hall–Kier alpha value is -1.39. The van der Waals surface area contributed by atoms with Gasteiger partial charge in [-0.25, -0.2) is 0 Å². The summed E-state index contributed by atoms with van der Waals surface area (Å²) in [6, 6.07) is 8.27. The number of aromatic nitrogens is 1. The van der Waals surface area contributed by atoms with Crippen LogP contribution in [0.25, 0.3) is 10.9 Å². The lowest BCUT2D eigenvalue weighted by Crippen LogP contribution is -2.15. The van der Waals surface area contributed by atoms with Crippen LogP contribution < -0.4 is 5.73 Å². The van der Waals surface area contributed by atoms with E-state index in [1.165, 1.54) is 10.9 Å². The van der Waals surface area contributed by atoms with Gasteiger partial charge in [-0.3, -0.25) is 0 Å². The maximum Gasteiger partial charge on any atom is 0.104 e. The van der Waals surface area contributed by atoms with Crippen LogP contribution in [-0.2, 0) is 6.54 Å². The van der Waals surface area contributed by atoms with Crippen molar-refractivity contribution in [2.75, 3.05) is 20.6 Å². The summed E-state index contributed by atoms with van der Waals surface area (Å²) in [4.78, 5) is 2.66. The first-order chi connectivity index (χ1) is 8.58. The summed E-state index contributed by atoms with van der Waals surface area (Å²) in [5.74, 6) is 0. The normalized spacial score (nSPS) is 11.3. The van der Waals surface area contributed by atoms with Gasteiger partial charge < -0.3 is 15.2 Å². The predicted octanol–water partition coefficient (Wildman–Crippen LogP) is 2.23. The zero-order chi connectivity index (χ0) is 13.1. The smallest absolute Gasteiger partial charge is 0.104 e. The highest BCUT2D eigenvalue weighted by Crippen LogP contribution is 2.18. The van der Waals surface area contributed by atoms with Gasteiger partial charge in [0.25, 0.3) is 0 Å². The molecule has 0 spiro atoms. The van der Waals surface area contributed by atoms with Crippen LogP contribution in [0.5, 0.6) is 0 Å². The third kappa shape index (κ3) is 2.89. The number of fused-ring (bicyclic) bond motifs is 1. The predicted molar refractivity (Wildman–Crippen MR) is 81.0 cm³/mol. The molecule has 0 aliphatic rings. The lowest BCUT2D eigenvalue weighted by Gasteiger charge is -2.10. The highest BCUT2D eigenvalue weighted by molar-refractivity contribution is 7.80. The van der Waals surface area contributed by atoms with Crippen molar-refractivity contribution in [2.24, 2.45) is 5.73 Å². The number of nitrogens with two attached hydrogens (primary N) is 1. The Balaban J connectivity index is 2.22. The standard InChI is InChI=1S/C14H19N3S/c1-16(2)7-3-8-17-9-6-11-4-5-12(14(15)18)10-13(11)17/h4-6,9-10H,3,7-8H2,1-2H3,(H2,15,18). The van der Waals surface area contributed by atoms with Crippen molar-refractivity contribution < 1.29 is 0 Å². The van der Waals surface area contributed by atoms with E-state index in [0.29, 0.717) is 4.99 Å². The van der Waals surface area contributed by atoms with Crippen LogP contribution in [0, 0.1) is 0 Å². The number of hydrogen-bond donors (Lipinski definition) is 1. The van der Waals surface area contributed by atoms with Crippen molar-refractivity contribution in [1.29, 1.82) is 0 Å². The van der Waals surface area contributed by atoms with Crippen molar-refractivity contribution >= 4 is 28.1 Å². The van der Waals surface area contributed by atoms with Gasteiger partial charge in [-0.15, -0.1) is 0 Å². The Kier molecular flexibility index (Phi) is 3.99. The summed E-state index contributed by atoms with van der Waals surface area (Å²) in [5.41, 5.74) is 7.82. The fourth-order valence-electron chi connectivity index (χ4n) is 2.09. The molecule has 1 aromatic carbocycles. The number of aryl methyl sites for hydroxylation is 1. The molecule has 0 atom stereocenters. The van der Waals surface area contributed by atoms with Gasteiger partial charge in [0, 0.05) is 23.8 Å². The molecule has 2 aromatic rings. The van der Waals surface area contributed by atoms with Gasteiger partial charge in [0.1, 0.15) is 4.99 Å². The molecule has 1 aromatic heterocycles. The molecule has 1 heterocycles. The van der Waals surface area contributed by atoms with E-state index in [4.69, 9.17) is 18.0 Å². The molecule has 2 rings (SSSR count). The average molecular weight is 261 g/mol. The molecule has 0 unspecified atom stereocenters. The van der Waals surface area contributed by atoms with E-state index < -0.39 is 0 Å². The van der Waals surface area contributed by atoms with Crippen molar-refractivity contribution in [3.63, 3.8) is 0 Å². The second-order valence-electron chi connectivity index (χ2n) is 4.80. The summed E-state index contributed by atoms with van der Waals surface area (Å²) >= 11 is 5.03. The fourth-order valence-corrected chi connectivity index (χ4v) is 2.22. The highest BCUT2D eigenvalue weighted by atomic mass is 32.1. The number of benzene rings is 1. The third-order valence-electron chi connectivity index (χ3n) is 3.06. The molecular formula is C14H19N3S. The topological polar surface area (TPSA) is 34.2 Å². The number of hydrogen-bond acceptors (Lipinski definition) is 2. The summed E-state index contributed by atoms with van der Waals surface area (Å²) in [6.07, 6.45) is 3.26. The monoisotopic (exact) mass is 261 g/mol. The first kappa shape index (κ1) is 13.1. The lowest BCUT2D eigenvalue weighted by molar-refractivity contribution is 0.388. The largest absolute Gasteiger partial charge is 0.389 e. The molecule has 0 bridgehead atoms. The van der Waals surface area contributed by atoms with Crippen molar-refractivity contribution in [3.8, 4) is 0 Å². The van der Waals surface area contributed by atoms with E-state index in [0.717, 1.165) is 25.1 Å². The summed E-state index contributed by atoms with van der Waals surface area (Å²) < 4.78 is 2.26. The number of rotatable bonds is 5. The highest BCUT2D eigenvalue weighted by Gasteiger charge is 2.04. The molecule has 0 saturated carbocycles. The minimum absolute atomic E-state index is 0.456. The Morgan fingerprint density at radius 1 is 1.33 bits per heavy atom. The van der Waals surface area contributed by atoms with Crippen molar-refractivity contribution in [2.45, 2.75) is 13.0 Å². The van der Waals surface area contributed by atoms with Crippen LogP contribution >= 0.6 is 12.2 Å². The van der Waals surface area contributed by atoms with E-state index in [-0.39, 0.29) is 0 Å². The van der Waals surface area contributed by atoms with Gasteiger partial charge in [-0.1, -0.05) is 24.4 Å². The molecule has 96 valence electrons.